The summed E-state index contributed by atoms with van der Waals surface area (Å²) in [6, 6.07) is 15.7. The van der Waals surface area contributed by atoms with Crippen LogP contribution in [0.5, 0.6) is 23.0 Å². The second-order valence-electron chi connectivity index (χ2n) is 15.3. The SMILES string of the molecule is COc1cc(-c2cc(OC)cc(C(C)(C)C)c2Op2oc3c(C)cc(C)cc3c3cc(C)cc(C)c3o2)c(OC(=O)OCC(Cl)(Cl)Cl)c(C(C)(C)C)c1. The molecule has 4 aromatic carbocycles. The molecule has 1 aromatic heterocycles. The van der Waals surface area contributed by atoms with Gasteiger partial charge in [-0.2, -0.15) is 0 Å². The van der Waals surface area contributed by atoms with Gasteiger partial charge in [0.15, 0.2) is 0 Å². The van der Waals surface area contributed by atoms with Gasteiger partial charge >= 0.3 is 14.4 Å². The van der Waals surface area contributed by atoms with E-state index in [-0.39, 0.29) is 5.75 Å². The lowest BCUT2D eigenvalue weighted by atomic mass is 9.81. The first-order valence-electron chi connectivity index (χ1n) is 17.0. The number of hydrogen-bond donors (Lipinski definition) is 0. The molecule has 0 amide bonds. The Morgan fingerprint density at radius 2 is 1.09 bits per heavy atom. The van der Waals surface area contributed by atoms with Crippen molar-refractivity contribution in [3.8, 4) is 34.1 Å². The van der Waals surface area contributed by atoms with E-state index in [1.54, 1.807) is 20.3 Å². The van der Waals surface area contributed by atoms with Crippen LogP contribution in [-0.4, -0.2) is 30.8 Å². The number of alkyl halides is 3. The molecule has 53 heavy (non-hydrogen) atoms. The Labute approximate surface area is 327 Å². The van der Waals surface area contributed by atoms with Crippen LogP contribution >= 0.6 is 43.0 Å². The van der Waals surface area contributed by atoms with Gasteiger partial charge in [0.25, 0.3) is 0 Å². The number of aryl methyl sites for hydroxylation is 4. The van der Waals surface area contributed by atoms with Crippen LogP contribution in [0, 0.1) is 27.7 Å². The van der Waals surface area contributed by atoms with Crippen LogP contribution in [0.15, 0.2) is 56.9 Å². The van der Waals surface area contributed by atoms with Gasteiger partial charge in [0, 0.05) is 33.0 Å². The number of benzene rings is 4. The van der Waals surface area contributed by atoms with Crippen LogP contribution in [0.25, 0.3) is 33.1 Å². The van der Waals surface area contributed by atoms with E-state index in [0.29, 0.717) is 45.1 Å². The van der Waals surface area contributed by atoms with Gasteiger partial charge in [-0.05, 0) is 97.2 Å². The van der Waals surface area contributed by atoms with Crippen LogP contribution in [0.3, 0.4) is 0 Å². The standard InChI is InChI=1S/C41H46Cl3O8P/c1-22-13-24(3)34-28(15-22)29-16-23(2)14-25(4)35(29)51-53(50-34)52-37-31(18-27(47-12)20-33(37)40(8,9)10)30-17-26(46-11)19-32(39(5,6)7)36(30)49-38(45)48-21-41(42,43)44/h13-20H,21H2,1-12H3. The average molecular weight is 804 g/mol. The maximum atomic E-state index is 13.3. The predicted molar refractivity (Wildman–Crippen MR) is 216 cm³/mol. The molecular formula is C41H46Cl3O8P. The summed E-state index contributed by atoms with van der Waals surface area (Å²) in [7, 11) is 1.05. The molecular weight excluding hydrogens is 758 g/mol. The van der Waals surface area contributed by atoms with Crippen molar-refractivity contribution >= 4 is 71.1 Å². The lowest BCUT2D eigenvalue weighted by Crippen LogP contribution is -2.22. The molecule has 12 heteroatoms. The summed E-state index contributed by atoms with van der Waals surface area (Å²) in [5, 5.41) is 1.85. The Bertz CT molecular complexity index is 2170. The van der Waals surface area contributed by atoms with Crippen LogP contribution in [0.1, 0.15) is 74.9 Å². The molecule has 0 saturated carbocycles. The van der Waals surface area contributed by atoms with Gasteiger partial charge in [-0.1, -0.05) is 88.5 Å². The summed E-state index contributed by atoms with van der Waals surface area (Å²) in [6.07, 6.45) is -1.06. The second kappa shape index (κ2) is 15.2. The van der Waals surface area contributed by atoms with Gasteiger partial charge in [-0.15, -0.1) is 0 Å². The zero-order valence-electron chi connectivity index (χ0n) is 32.2. The van der Waals surface area contributed by atoms with Gasteiger partial charge in [-0.25, -0.2) is 4.79 Å². The summed E-state index contributed by atoms with van der Waals surface area (Å²) >= 11 is 17.7. The van der Waals surface area contributed by atoms with Gasteiger partial charge in [-0.3, -0.25) is 0 Å². The quantitative estimate of drug-likeness (QED) is 0.0913. The van der Waals surface area contributed by atoms with Crippen LogP contribution < -0.4 is 18.7 Å². The summed E-state index contributed by atoms with van der Waals surface area (Å²) in [6.45, 7) is 19.8. The largest absolute Gasteiger partial charge is 0.514 e. The monoisotopic (exact) mass is 802 g/mol. The molecule has 0 aliphatic rings. The van der Waals surface area contributed by atoms with E-state index in [1.807, 2.05) is 52.8 Å². The van der Waals surface area contributed by atoms with Crippen molar-refractivity contribution in [1.82, 2.24) is 0 Å². The highest BCUT2D eigenvalue weighted by molar-refractivity contribution is 7.32. The minimum atomic E-state index is -2.12. The van der Waals surface area contributed by atoms with Gasteiger partial charge in [0.1, 0.15) is 40.8 Å². The molecule has 0 aliphatic heterocycles. The summed E-state index contributed by atoms with van der Waals surface area (Å²) in [4.78, 5) is 13.3. The first-order valence-corrected chi connectivity index (χ1v) is 19.3. The maximum absolute atomic E-state index is 13.3. The number of methoxy groups -OCH3 is 2. The fourth-order valence-corrected chi connectivity index (χ4v) is 7.65. The first kappa shape index (κ1) is 40.5. The van der Waals surface area contributed by atoms with Crippen molar-refractivity contribution in [2.75, 3.05) is 20.8 Å². The van der Waals surface area contributed by atoms with E-state index in [0.717, 1.165) is 38.6 Å². The molecule has 0 saturated heterocycles. The number of hydrogen-bond acceptors (Lipinski definition) is 8. The molecule has 0 fully saturated rings. The molecule has 0 atom stereocenters. The molecule has 284 valence electrons. The smallest absolute Gasteiger partial charge is 0.497 e. The van der Waals surface area contributed by atoms with Crippen LogP contribution in [0.4, 0.5) is 4.79 Å². The Balaban J connectivity index is 1.89. The number of halogens is 3. The van der Waals surface area contributed by atoms with Crippen molar-refractivity contribution in [2.24, 2.45) is 0 Å². The lowest BCUT2D eigenvalue weighted by Gasteiger charge is -2.28. The van der Waals surface area contributed by atoms with E-state index >= 15 is 0 Å². The molecule has 8 nitrogen and oxygen atoms in total. The molecule has 0 spiro atoms. The zero-order valence-corrected chi connectivity index (χ0v) is 35.3. The lowest BCUT2D eigenvalue weighted by molar-refractivity contribution is 0.100. The molecule has 0 aliphatic carbocycles. The summed E-state index contributed by atoms with van der Waals surface area (Å²) < 4.78 is 41.6. The zero-order chi connectivity index (χ0) is 39.2. The summed E-state index contributed by atoms with van der Waals surface area (Å²) in [5.41, 5.74) is 6.85. The van der Waals surface area contributed by atoms with E-state index < -0.39 is 35.6 Å². The fourth-order valence-electron chi connectivity index (χ4n) is 6.25. The van der Waals surface area contributed by atoms with E-state index in [1.165, 1.54) is 0 Å². The Kier molecular flexibility index (Phi) is 11.6. The molecule has 0 unspecified atom stereocenters. The molecule has 5 aromatic rings. The van der Waals surface area contributed by atoms with Gasteiger partial charge in [0.05, 0.1) is 14.2 Å². The third-order valence-corrected chi connectivity index (χ3v) is 9.99. The molecule has 1 heterocycles. The highest BCUT2D eigenvalue weighted by atomic mass is 35.6. The van der Waals surface area contributed by atoms with Crippen molar-refractivity contribution in [3.63, 3.8) is 0 Å². The van der Waals surface area contributed by atoms with Gasteiger partial charge in [0.2, 0.25) is 3.79 Å². The first-order chi connectivity index (χ1) is 24.6. The third-order valence-electron chi connectivity index (χ3n) is 8.67. The Hall–Kier alpha value is -3.68. The van der Waals surface area contributed by atoms with Gasteiger partial charge < -0.3 is 31.9 Å². The van der Waals surface area contributed by atoms with Crippen molar-refractivity contribution in [2.45, 2.75) is 83.9 Å². The Morgan fingerprint density at radius 1 is 0.660 bits per heavy atom. The minimum Gasteiger partial charge on any atom is -0.497 e. The van der Waals surface area contributed by atoms with Crippen LogP contribution in [-0.2, 0) is 15.6 Å². The number of fused-ring (bicyclic) bond motifs is 3. The minimum absolute atomic E-state index is 0.203. The Morgan fingerprint density at radius 3 is 1.51 bits per heavy atom. The molecule has 0 bridgehead atoms. The molecule has 0 N–H and O–H groups in total. The number of carbonyl (C=O) groups excluding carboxylic acids is 1. The number of ether oxygens (including phenoxy) is 4. The van der Waals surface area contributed by atoms with Crippen molar-refractivity contribution in [3.05, 3.63) is 81.9 Å². The third kappa shape index (κ3) is 9.17. The topological polar surface area (TPSA) is 89.5 Å². The highest BCUT2D eigenvalue weighted by Gasteiger charge is 2.32. The second-order valence-corrected chi connectivity index (χ2v) is 18.8. The molecule has 5 rings (SSSR count). The predicted octanol–water partition coefficient (Wildman–Crippen LogP) is 13.5. The summed E-state index contributed by atoms with van der Waals surface area (Å²) in [5.74, 6) is 1.71. The fraction of sp³-hybridized carbons (Fsp3) is 0.390. The van der Waals surface area contributed by atoms with E-state index in [2.05, 4.69) is 58.9 Å². The van der Waals surface area contributed by atoms with Crippen molar-refractivity contribution in [1.29, 1.82) is 0 Å². The maximum Gasteiger partial charge on any atom is 0.514 e. The highest BCUT2D eigenvalue weighted by Crippen LogP contribution is 2.52. The number of carbonyl (C=O) groups is 1. The van der Waals surface area contributed by atoms with Crippen molar-refractivity contribution < 1.29 is 36.7 Å². The normalized spacial score (nSPS) is 12.2. The van der Waals surface area contributed by atoms with Crippen LogP contribution in [0.2, 0.25) is 0 Å². The van der Waals surface area contributed by atoms with E-state index in [9.17, 15) is 4.79 Å². The molecule has 0 radical (unpaired) electrons. The average Bonchev–Trinajstić information content (AvgIpc) is 3.19. The number of rotatable bonds is 7. The van der Waals surface area contributed by atoms with E-state index in [4.69, 9.17) is 66.7 Å².